The van der Waals surface area contributed by atoms with Crippen LogP contribution in [0.4, 0.5) is 10.6 Å². The van der Waals surface area contributed by atoms with Gasteiger partial charge in [0.1, 0.15) is 18.1 Å². The number of fused-ring (bicyclic) bond motifs is 1. The second-order valence-corrected chi connectivity index (χ2v) is 19.5. The van der Waals surface area contributed by atoms with Gasteiger partial charge in [-0.2, -0.15) is 5.10 Å². The molecule has 10 nitrogen and oxygen atoms in total. The van der Waals surface area contributed by atoms with Crippen molar-refractivity contribution in [3.63, 3.8) is 0 Å². The van der Waals surface area contributed by atoms with Crippen LogP contribution >= 0.6 is 0 Å². The van der Waals surface area contributed by atoms with Crippen molar-refractivity contribution >= 4 is 30.9 Å². The second kappa shape index (κ2) is 11.3. The molecule has 5 rings (SSSR count). The Morgan fingerprint density at radius 2 is 1.83 bits per heavy atom. The van der Waals surface area contributed by atoms with Crippen molar-refractivity contribution in [2.24, 2.45) is 5.41 Å². The number of likely N-dealkylation sites (tertiary alicyclic amines) is 1. The quantitative estimate of drug-likeness (QED) is 0.258. The lowest BCUT2D eigenvalue weighted by Gasteiger charge is -2.40. The maximum absolute atomic E-state index is 12.7. The Balaban J connectivity index is 1.31. The Hall–Kier alpha value is -3.05. The molecule has 222 valence electrons. The fourth-order valence-electron chi connectivity index (χ4n) is 5.68. The van der Waals surface area contributed by atoms with E-state index < -0.39 is 13.7 Å². The summed E-state index contributed by atoms with van der Waals surface area (Å²) in [5, 5.41) is 5.69. The van der Waals surface area contributed by atoms with Crippen LogP contribution in [0.25, 0.3) is 22.3 Å². The third-order valence-corrected chi connectivity index (χ3v) is 9.80. The minimum Gasteiger partial charge on any atom is -0.444 e. The third kappa shape index (κ3) is 7.06. The zero-order valence-electron chi connectivity index (χ0n) is 25.7. The van der Waals surface area contributed by atoms with Crippen molar-refractivity contribution in [3.05, 3.63) is 30.4 Å². The van der Waals surface area contributed by atoms with Crippen LogP contribution in [0.5, 0.6) is 0 Å². The number of pyridine rings is 1. The van der Waals surface area contributed by atoms with Crippen LogP contribution in [0.1, 0.15) is 45.7 Å². The Morgan fingerprint density at radius 1 is 1.10 bits per heavy atom. The lowest BCUT2D eigenvalue weighted by molar-refractivity contribution is 0.0266. The highest BCUT2D eigenvalue weighted by Crippen LogP contribution is 2.42. The van der Waals surface area contributed by atoms with E-state index in [9.17, 15) is 4.79 Å². The molecule has 0 N–H and O–H groups in total. The number of amides is 1. The predicted molar refractivity (Wildman–Crippen MR) is 164 cm³/mol. The molecule has 3 aromatic heterocycles. The van der Waals surface area contributed by atoms with E-state index in [0.717, 1.165) is 86.1 Å². The summed E-state index contributed by atoms with van der Waals surface area (Å²) in [6, 6.07) is 3.13. The second-order valence-electron chi connectivity index (χ2n) is 13.9. The van der Waals surface area contributed by atoms with Crippen molar-refractivity contribution in [3.8, 4) is 11.4 Å². The topological polar surface area (TPSA) is 98.5 Å². The molecular weight excluding hydrogens is 534 g/mol. The largest absolute Gasteiger partial charge is 0.444 e. The standard InChI is InChI=1S/C30H45N7O3Si/c1-22-24(19-37(34-22)21-39-16-17-41(5,6)7)26-32-25-18-31-12-8-23(25)27(33-26)35-13-9-30(10-14-35)11-15-36(20-30)28(38)40-29(2,3)4/h8,12,18-19H,9-11,13-17,20-21H2,1-7H3. The first-order chi connectivity index (χ1) is 19.3. The highest BCUT2D eigenvalue weighted by molar-refractivity contribution is 6.76. The van der Waals surface area contributed by atoms with Gasteiger partial charge in [-0.1, -0.05) is 19.6 Å². The number of rotatable bonds is 7. The lowest BCUT2D eigenvalue weighted by Crippen LogP contribution is -2.43. The number of piperidine rings is 1. The highest BCUT2D eigenvalue weighted by Gasteiger charge is 2.43. The van der Waals surface area contributed by atoms with Gasteiger partial charge in [-0.15, -0.1) is 0 Å². The van der Waals surface area contributed by atoms with Gasteiger partial charge in [0.15, 0.2) is 5.82 Å². The molecular formula is C30H45N7O3Si. The number of carbonyl (C=O) groups is 1. The van der Waals surface area contributed by atoms with Gasteiger partial charge in [-0.25, -0.2) is 19.4 Å². The van der Waals surface area contributed by atoms with Gasteiger partial charge >= 0.3 is 6.09 Å². The smallest absolute Gasteiger partial charge is 0.410 e. The average Bonchev–Trinajstić information content (AvgIpc) is 3.48. The fourth-order valence-corrected chi connectivity index (χ4v) is 6.44. The summed E-state index contributed by atoms with van der Waals surface area (Å²) in [4.78, 5) is 31.3. The van der Waals surface area contributed by atoms with Crippen LogP contribution < -0.4 is 4.90 Å². The molecule has 0 radical (unpaired) electrons. The van der Waals surface area contributed by atoms with Gasteiger partial charge in [0.25, 0.3) is 0 Å². The first-order valence-electron chi connectivity index (χ1n) is 14.8. The van der Waals surface area contributed by atoms with Crippen molar-refractivity contribution in [1.82, 2.24) is 29.6 Å². The molecule has 0 aromatic carbocycles. The minimum atomic E-state index is -1.14. The number of hydrogen-bond acceptors (Lipinski definition) is 8. The first kappa shape index (κ1) is 29.4. The summed E-state index contributed by atoms with van der Waals surface area (Å²) >= 11 is 0. The average molecular weight is 580 g/mol. The summed E-state index contributed by atoms with van der Waals surface area (Å²) in [5.74, 6) is 1.59. The van der Waals surface area contributed by atoms with E-state index >= 15 is 0 Å². The molecule has 0 unspecified atom stereocenters. The van der Waals surface area contributed by atoms with Gasteiger partial charge in [0, 0.05) is 58.6 Å². The Labute approximate surface area is 244 Å². The van der Waals surface area contributed by atoms with Crippen LogP contribution in [0, 0.1) is 12.3 Å². The van der Waals surface area contributed by atoms with Crippen molar-refractivity contribution < 1.29 is 14.3 Å². The molecule has 2 saturated heterocycles. The summed E-state index contributed by atoms with van der Waals surface area (Å²) in [6.07, 6.45) is 8.42. The van der Waals surface area contributed by atoms with E-state index in [4.69, 9.17) is 19.4 Å². The van der Waals surface area contributed by atoms with E-state index in [1.165, 1.54) is 0 Å². The third-order valence-electron chi connectivity index (χ3n) is 8.10. The number of aryl methyl sites for hydroxylation is 1. The summed E-state index contributed by atoms with van der Waals surface area (Å²) in [5.41, 5.74) is 2.25. The molecule has 5 heterocycles. The molecule has 1 spiro atoms. The molecule has 1 amide bonds. The maximum atomic E-state index is 12.7. The first-order valence-corrected chi connectivity index (χ1v) is 18.5. The molecule has 0 saturated carbocycles. The molecule has 2 fully saturated rings. The highest BCUT2D eigenvalue weighted by atomic mass is 28.3. The number of anilines is 1. The van der Waals surface area contributed by atoms with Gasteiger partial charge in [-0.3, -0.25) is 4.98 Å². The monoisotopic (exact) mass is 579 g/mol. The van der Waals surface area contributed by atoms with Gasteiger partial charge in [0.2, 0.25) is 0 Å². The van der Waals surface area contributed by atoms with Gasteiger partial charge in [-0.05, 0) is 64.5 Å². The normalized spacial score (nSPS) is 17.5. The van der Waals surface area contributed by atoms with Crippen molar-refractivity contribution in [1.29, 1.82) is 0 Å². The van der Waals surface area contributed by atoms with Crippen LogP contribution in [0.15, 0.2) is 24.7 Å². The minimum absolute atomic E-state index is 0.133. The zero-order chi connectivity index (χ0) is 29.4. The summed E-state index contributed by atoms with van der Waals surface area (Å²) in [7, 11) is -1.14. The Kier molecular flexibility index (Phi) is 8.13. The fraction of sp³-hybridized carbons (Fsp3) is 0.633. The number of ether oxygens (including phenoxy) is 2. The summed E-state index contributed by atoms with van der Waals surface area (Å²) < 4.78 is 13.4. The molecule has 3 aromatic rings. The lowest BCUT2D eigenvalue weighted by atomic mass is 9.78. The SMILES string of the molecule is Cc1nn(COCC[Si](C)(C)C)cc1-c1nc(N2CCC3(CCN(C(=O)OC(C)(C)C)C3)CC2)c2ccncc2n1. The van der Waals surface area contributed by atoms with Crippen molar-refractivity contribution in [2.45, 2.75) is 85.0 Å². The maximum Gasteiger partial charge on any atom is 0.410 e. The van der Waals surface area contributed by atoms with E-state index in [1.54, 1.807) is 6.20 Å². The predicted octanol–water partition coefficient (Wildman–Crippen LogP) is 5.74. The van der Waals surface area contributed by atoms with Crippen molar-refractivity contribution in [2.75, 3.05) is 37.7 Å². The van der Waals surface area contributed by atoms with E-state index in [2.05, 4.69) is 34.6 Å². The van der Waals surface area contributed by atoms with Crippen LogP contribution in [-0.4, -0.2) is 82.2 Å². The zero-order valence-corrected chi connectivity index (χ0v) is 26.7. The molecule has 0 bridgehead atoms. The van der Waals surface area contributed by atoms with Gasteiger partial charge in [0.05, 0.1) is 23.0 Å². The number of hydrogen-bond donors (Lipinski definition) is 0. The number of carbonyl (C=O) groups excluding carboxylic acids is 1. The number of aromatic nitrogens is 5. The van der Waals surface area contributed by atoms with E-state index in [-0.39, 0.29) is 11.5 Å². The Bertz CT molecular complexity index is 1390. The molecule has 41 heavy (non-hydrogen) atoms. The van der Waals surface area contributed by atoms with E-state index in [1.807, 2.05) is 55.7 Å². The Morgan fingerprint density at radius 3 is 2.54 bits per heavy atom. The van der Waals surface area contributed by atoms with Crippen LogP contribution in [0.3, 0.4) is 0 Å². The van der Waals surface area contributed by atoms with Crippen LogP contribution in [0.2, 0.25) is 25.7 Å². The molecule has 2 aliphatic heterocycles. The molecule has 2 aliphatic rings. The van der Waals surface area contributed by atoms with E-state index in [0.29, 0.717) is 12.6 Å². The van der Waals surface area contributed by atoms with Crippen LogP contribution in [-0.2, 0) is 16.2 Å². The molecule has 0 aliphatic carbocycles. The summed E-state index contributed by atoms with van der Waals surface area (Å²) in [6.45, 7) is 19.2. The van der Waals surface area contributed by atoms with Gasteiger partial charge < -0.3 is 19.3 Å². The molecule has 0 atom stereocenters. The number of nitrogens with zero attached hydrogens (tertiary/aromatic N) is 7. The molecule has 11 heteroatoms.